The van der Waals surface area contributed by atoms with Gasteiger partial charge in [-0.1, -0.05) is 31.6 Å². The monoisotopic (exact) mass is 502 g/mol. The Balaban J connectivity index is 1.60. The second-order valence-corrected chi connectivity index (χ2v) is 10.3. The van der Waals surface area contributed by atoms with Crippen LogP contribution in [-0.4, -0.2) is 111 Å². The van der Waals surface area contributed by atoms with Gasteiger partial charge in [0.05, 0.1) is 19.3 Å². The zero-order chi connectivity index (χ0) is 26.1. The van der Waals surface area contributed by atoms with Gasteiger partial charge in [0.25, 0.3) is 0 Å². The third-order valence-corrected chi connectivity index (χ3v) is 6.82. The molecule has 0 bridgehead atoms. The zero-order valence-electron chi connectivity index (χ0n) is 20.4. The predicted molar refractivity (Wildman–Crippen MR) is 121 cm³/mol. The number of hydrogen-bond acceptors (Lipinski definition) is 11. The summed E-state index contributed by atoms with van der Waals surface area (Å²) in [6, 6.07) is 0. The summed E-state index contributed by atoms with van der Waals surface area (Å²) in [6.07, 6.45) is -7.31. The molecule has 3 aliphatic rings. The van der Waals surface area contributed by atoms with Crippen LogP contribution in [0.15, 0.2) is 23.8 Å². The maximum Gasteiger partial charge on any atom is 0.187 e. The zero-order valence-corrected chi connectivity index (χ0v) is 20.4. The van der Waals surface area contributed by atoms with E-state index in [9.17, 15) is 35.4 Å². The van der Waals surface area contributed by atoms with Crippen LogP contribution in [0, 0.1) is 11.3 Å². The summed E-state index contributed by atoms with van der Waals surface area (Å²) in [7, 11) is 0. The molecule has 11 nitrogen and oxygen atoms in total. The van der Waals surface area contributed by atoms with Crippen molar-refractivity contribution in [3.05, 3.63) is 23.8 Å². The summed E-state index contributed by atoms with van der Waals surface area (Å²) >= 11 is 0. The molecule has 200 valence electrons. The molecule has 2 fully saturated rings. The van der Waals surface area contributed by atoms with Crippen molar-refractivity contribution in [2.45, 2.75) is 95.5 Å². The van der Waals surface area contributed by atoms with E-state index >= 15 is 0 Å². The minimum Gasteiger partial charge on any atom is -0.388 e. The summed E-state index contributed by atoms with van der Waals surface area (Å²) in [6.45, 7) is 7.06. The molecule has 0 radical (unpaired) electrons. The average Bonchev–Trinajstić information content (AvgIpc) is 2.76. The molecule has 11 atom stereocenters. The molecule has 6 N–H and O–H groups in total. The number of allylic oxidation sites excluding steroid dienone is 3. The Morgan fingerprint density at radius 1 is 1.06 bits per heavy atom. The van der Waals surface area contributed by atoms with Gasteiger partial charge < -0.3 is 49.6 Å². The molecule has 0 aromatic heterocycles. The van der Waals surface area contributed by atoms with Crippen LogP contribution < -0.4 is 0 Å². The Kier molecular flexibility index (Phi) is 9.25. The highest BCUT2D eigenvalue weighted by molar-refractivity contribution is 5.92. The lowest BCUT2D eigenvalue weighted by Gasteiger charge is -2.42. The highest BCUT2D eigenvalue weighted by Crippen LogP contribution is 2.40. The Hall–Kier alpha value is -1.25. The average molecular weight is 503 g/mol. The first kappa shape index (κ1) is 28.3. The van der Waals surface area contributed by atoms with E-state index in [4.69, 9.17) is 18.9 Å². The lowest BCUT2D eigenvalue weighted by Crippen LogP contribution is -2.60. The molecule has 0 aromatic carbocycles. The van der Waals surface area contributed by atoms with Gasteiger partial charge in [-0.15, -0.1) is 0 Å². The largest absolute Gasteiger partial charge is 0.388 e. The van der Waals surface area contributed by atoms with Crippen LogP contribution in [0.1, 0.15) is 34.1 Å². The molecule has 2 saturated heterocycles. The first-order valence-electron chi connectivity index (χ1n) is 11.8. The van der Waals surface area contributed by atoms with Gasteiger partial charge in [-0.25, -0.2) is 0 Å². The van der Waals surface area contributed by atoms with E-state index in [1.807, 2.05) is 26.8 Å². The molecule has 1 aliphatic carbocycles. The fraction of sp³-hybridized carbons (Fsp3) is 0.792. The van der Waals surface area contributed by atoms with Crippen LogP contribution in [0.3, 0.4) is 0 Å². The molecule has 2 aliphatic heterocycles. The van der Waals surface area contributed by atoms with Crippen LogP contribution >= 0.6 is 0 Å². The second kappa shape index (κ2) is 11.4. The number of hydrogen-bond donors (Lipinski definition) is 6. The van der Waals surface area contributed by atoms with Crippen LogP contribution in [0.5, 0.6) is 0 Å². The molecule has 2 heterocycles. The Morgan fingerprint density at radius 3 is 2.37 bits per heavy atom. The van der Waals surface area contributed by atoms with Crippen molar-refractivity contribution in [2.75, 3.05) is 13.2 Å². The molecule has 0 amide bonds. The van der Waals surface area contributed by atoms with Crippen molar-refractivity contribution in [1.82, 2.24) is 0 Å². The number of rotatable bonds is 7. The van der Waals surface area contributed by atoms with Crippen molar-refractivity contribution in [3.63, 3.8) is 0 Å². The molecule has 3 rings (SSSR count). The topological polar surface area (TPSA) is 175 Å². The maximum absolute atomic E-state index is 11.9. The molecular weight excluding hydrogens is 464 g/mol. The first-order valence-corrected chi connectivity index (χ1v) is 11.8. The number of carbonyl (C=O) groups is 1. The number of aliphatic hydroxyl groups is 6. The lowest BCUT2D eigenvalue weighted by molar-refractivity contribution is -0.324. The number of aliphatic hydroxyl groups excluding tert-OH is 6. The first-order chi connectivity index (χ1) is 16.3. The van der Waals surface area contributed by atoms with Gasteiger partial charge in [-0.05, 0) is 25.3 Å². The highest BCUT2D eigenvalue weighted by Gasteiger charge is 2.46. The quantitative estimate of drug-likeness (QED) is 0.230. The van der Waals surface area contributed by atoms with Crippen molar-refractivity contribution < 1.29 is 54.4 Å². The van der Waals surface area contributed by atoms with Crippen LogP contribution in [0.25, 0.3) is 0 Å². The van der Waals surface area contributed by atoms with Gasteiger partial charge in [0.1, 0.15) is 42.7 Å². The maximum atomic E-state index is 11.9. The van der Waals surface area contributed by atoms with E-state index in [2.05, 4.69) is 0 Å². The van der Waals surface area contributed by atoms with Crippen molar-refractivity contribution in [2.24, 2.45) is 11.3 Å². The summed E-state index contributed by atoms with van der Waals surface area (Å²) in [5.74, 6) is 0.116. The fourth-order valence-corrected chi connectivity index (χ4v) is 4.79. The van der Waals surface area contributed by atoms with E-state index in [-0.39, 0.29) is 30.3 Å². The Labute approximate surface area is 204 Å². The second-order valence-electron chi connectivity index (χ2n) is 10.3. The molecule has 0 unspecified atom stereocenters. The van der Waals surface area contributed by atoms with Gasteiger partial charge in [-0.3, -0.25) is 4.79 Å². The summed E-state index contributed by atoms with van der Waals surface area (Å²) < 4.78 is 22.0. The molecule has 0 saturated carbocycles. The smallest absolute Gasteiger partial charge is 0.187 e. The summed E-state index contributed by atoms with van der Waals surface area (Å²) in [5, 5.41) is 60.3. The van der Waals surface area contributed by atoms with Crippen molar-refractivity contribution >= 4 is 5.78 Å². The Bertz CT molecular complexity index is 796. The minimum atomic E-state index is -1.59. The van der Waals surface area contributed by atoms with Crippen LogP contribution in [-0.2, 0) is 23.7 Å². The highest BCUT2D eigenvalue weighted by atomic mass is 16.7. The number of ketones is 1. The molecular formula is C24H38O11. The van der Waals surface area contributed by atoms with Crippen LogP contribution in [0.2, 0.25) is 0 Å². The van der Waals surface area contributed by atoms with Crippen molar-refractivity contribution in [1.29, 1.82) is 0 Å². The third kappa shape index (κ3) is 6.55. The molecule has 11 heteroatoms. The molecule has 0 aromatic rings. The molecule has 35 heavy (non-hydrogen) atoms. The SMILES string of the molecule is CC1=CC(=O)CC(C)(C)[C@H]1/C=C/[C@H](C)O[C@@H]1O[C@H](CO[C@@H]2OC[C@H](O)[C@H](O)[C@H]2O)[C@@H](O)[C@H](O)[C@H]1O. The fourth-order valence-electron chi connectivity index (χ4n) is 4.79. The van der Waals surface area contributed by atoms with Gasteiger partial charge in [0, 0.05) is 12.3 Å². The van der Waals surface area contributed by atoms with E-state index < -0.39 is 61.4 Å². The summed E-state index contributed by atoms with van der Waals surface area (Å²) in [5.41, 5.74) is 0.689. The van der Waals surface area contributed by atoms with E-state index in [1.165, 1.54) is 0 Å². The van der Waals surface area contributed by atoms with E-state index in [0.29, 0.717) is 6.42 Å². The third-order valence-electron chi connectivity index (χ3n) is 6.82. The number of carbonyl (C=O) groups excluding carboxylic acids is 1. The van der Waals surface area contributed by atoms with Crippen LogP contribution in [0.4, 0.5) is 0 Å². The van der Waals surface area contributed by atoms with Gasteiger partial charge >= 0.3 is 0 Å². The molecule has 0 spiro atoms. The van der Waals surface area contributed by atoms with Gasteiger partial charge in [0.15, 0.2) is 18.4 Å². The predicted octanol–water partition coefficient (Wildman–Crippen LogP) is -1.23. The minimum absolute atomic E-state index is 0.0211. The summed E-state index contributed by atoms with van der Waals surface area (Å²) in [4.78, 5) is 11.9. The lowest BCUT2D eigenvalue weighted by atomic mass is 9.68. The normalized spacial score (nSPS) is 43.3. The van der Waals surface area contributed by atoms with E-state index in [1.54, 1.807) is 19.1 Å². The van der Waals surface area contributed by atoms with Gasteiger partial charge in [-0.2, -0.15) is 0 Å². The van der Waals surface area contributed by atoms with Crippen molar-refractivity contribution in [3.8, 4) is 0 Å². The standard InChI is InChI=1S/C24H38O11/c1-11-7-13(25)8-24(3,4)14(11)6-5-12(2)34-23-21(31)19(29)18(28)16(35-23)10-33-22-20(30)17(27)15(26)9-32-22/h5-7,12,14-23,26-31H,8-10H2,1-4H3/b6-5+/t12-,14-,15-,16+,17-,18+,19-,20+,21+,22-,23+/m0/s1. The number of ether oxygens (including phenoxy) is 4. The Morgan fingerprint density at radius 2 is 1.71 bits per heavy atom. The van der Waals surface area contributed by atoms with E-state index in [0.717, 1.165) is 5.57 Å². The van der Waals surface area contributed by atoms with Gasteiger partial charge in [0.2, 0.25) is 0 Å².